The Morgan fingerprint density at radius 2 is 2.12 bits per heavy atom. The summed E-state index contributed by atoms with van der Waals surface area (Å²) in [5.41, 5.74) is 0.806. The van der Waals surface area contributed by atoms with Crippen LogP contribution in [-0.4, -0.2) is 0 Å². The Morgan fingerprint density at radius 1 is 1.29 bits per heavy atom. The zero-order valence-electron chi connectivity index (χ0n) is 10.2. The summed E-state index contributed by atoms with van der Waals surface area (Å²) in [4.78, 5) is 0. The van der Waals surface area contributed by atoms with Crippen LogP contribution in [0.15, 0.2) is 18.2 Å². The van der Waals surface area contributed by atoms with Crippen LogP contribution in [0.25, 0.3) is 0 Å². The highest BCUT2D eigenvalue weighted by Gasteiger charge is 2.56. The molecule has 0 nitrogen and oxygen atoms in total. The highest BCUT2D eigenvalue weighted by molar-refractivity contribution is 5.35. The monoisotopic (exact) mass is 236 g/mol. The summed E-state index contributed by atoms with van der Waals surface area (Å²) in [6, 6.07) is 4.10. The van der Waals surface area contributed by atoms with E-state index in [2.05, 4.69) is 6.92 Å². The van der Waals surface area contributed by atoms with Crippen LogP contribution >= 0.6 is 0 Å². The molecule has 2 saturated carbocycles. The molecule has 0 bridgehead atoms. The fourth-order valence-electron chi connectivity index (χ4n) is 3.72. The van der Waals surface area contributed by atoms with Crippen molar-refractivity contribution in [1.82, 2.24) is 0 Å². The first-order valence-corrected chi connectivity index (χ1v) is 6.57. The number of hydrogen-bond donors (Lipinski definition) is 0. The van der Waals surface area contributed by atoms with E-state index in [1.807, 2.05) is 0 Å². The van der Waals surface area contributed by atoms with Crippen molar-refractivity contribution in [2.24, 2.45) is 11.8 Å². The first-order valence-electron chi connectivity index (χ1n) is 6.57. The van der Waals surface area contributed by atoms with E-state index in [1.54, 1.807) is 6.07 Å². The molecule has 2 fully saturated rings. The lowest BCUT2D eigenvalue weighted by Crippen LogP contribution is -2.11. The van der Waals surface area contributed by atoms with Crippen LogP contribution in [0.1, 0.15) is 44.6 Å². The van der Waals surface area contributed by atoms with Gasteiger partial charge in [0, 0.05) is 11.5 Å². The van der Waals surface area contributed by atoms with Crippen LogP contribution in [0.3, 0.4) is 0 Å². The summed E-state index contributed by atoms with van der Waals surface area (Å²) in [5, 5.41) is 0. The molecule has 0 heterocycles. The molecule has 1 aromatic carbocycles. The maximum absolute atomic E-state index is 13.9. The van der Waals surface area contributed by atoms with Crippen LogP contribution < -0.4 is 0 Å². The average molecular weight is 236 g/mol. The minimum atomic E-state index is -0.471. The molecule has 0 aromatic heterocycles. The largest absolute Gasteiger partial charge is 0.207 e. The summed E-state index contributed by atoms with van der Waals surface area (Å²) >= 11 is 0. The maximum Gasteiger partial charge on any atom is 0.129 e. The predicted molar refractivity (Wildman–Crippen MR) is 63.8 cm³/mol. The second-order valence-corrected chi connectivity index (χ2v) is 5.91. The van der Waals surface area contributed by atoms with E-state index in [9.17, 15) is 8.78 Å². The van der Waals surface area contributed by atoms with Crippen LogP contribution in [0.4, 0.5) is 8.78 Å². The third kappa shape index (κ3) is 1.78. The van der Waals surface area contributed by atoms with Gasteiger partial charge in [0.1, 0.15) is 11.6 Å². The van der Waals surface area contributed by atoms with Gasteiger partial charge in [0.25, 0.3) is 0 Å². The number of rotatable bonds is 1. The van der Waals surface area contributed by atoms with Crippen molar-refractivity contribution in [3.63, 3.8) is 0 Å². The van der Waals surface area contributed by atoms with Gasteiger partial charge in [0.05, 0.1) is 0 Å². The van der Waals surface area contributed by atoms with Crippen molar-refractivity contribution in [3.8, 4) is 0 Å². The van der Waals surface area contributed by atoms with Gasteiger partial charge in [-0.25, -0.2) is 8.78 Å². The molecule has 92 valence electrons. The first-order chi connectivity index (χ1) is 8.12. The van der Waals surface area contributed by atoms with Gasteiger partial charge in [-0.3, -0.25) is 0 Å². The van der Waals surface area contributed by atoms with E-state index >= 15 is 0 Å². The molecule has 2 heteroatoms. The number of hydrogen-bond acceptors (Lipinski definition) is 0. The second-order valence-electron chi connectivity index (χ2n) is 5.91. The number of halogens is 2. The molecule has 3 unspecified atom stereocenters. The van der Waals surface area contributed by atoms with E-state index in [4.69, 9.17) is 0 Å². The van der Waals surface area contributed by atoms with Crippen molar-refractivity contribution in [3.05, 3.63) is 35.4 Å². The molecule has 17 heavy (non-hydrogen) atoms. The Balaban J connectivity index is 1.94. The zero-order valence-corrected chi connectivity index (χ0v) is 10.2. The van der Waals surface area contributed by atoms with Gasteiger partial charge < -0.3 is 0 Å². The molecule has 0 N–H and O–H groups in total. The van der Waals surface area contributed by atoms with Gasteiger partial charge in [0.2, 0.25) is 0 Å². The van der Waals surface area contributed by atoms with Crippen molar-refractivity contribution < 1.29 is 8.78 Å². The Morgan fingerprint density at radius 3 is 2.88 bits per heavy atom. The number of benzene rings is 1. The molecule has 3 rings (SSSR count). The van der Waals surface area contributed by atoms with Gasteiger partial charge in [-0.15, -0.1) is 0 Å². The van der Waals surface area contributed by atoms with E-state index in [-0.39, 0.29) is 11.2 Å². The first kappa shape index (κ1) is 11.2. The van der Waals surface area contributed by atoms with E-state index in [1.165, 1.54) is 25.3 Å². The molecule has 0 amide bonds. The molecule has 3 atom stereocenters. The Hall–Kier alpha value is -0.920. The third-order valence-corrected chi connectivity index (χ3v) is 4.71. The molecule has 2 aliphatic carbocycles. The molecule has 0 saturated heterocycles. The minimum Gasteiger partial charge on any atom is -0.207 e. The van der Waals surface area contributed by atoms with E-state index in [0.29, 0.717) is 5.92 Å². The highest BCUT2D eigenvalue weighted by Crippen LogP contribution is 2.62. The molecule has 0 radical (unpaired) electrons. The molecular weight excluding hydrogens is 218 g/mol. The molecule has 0 spiro atoms. The summed E-state index contributed by atoms with van der Waals surface area (Å²) in [5.74, 6) is 0.566. The third-order valence-electron chi connectivity index (χ3n) is 4.71. The van der Waals surface area contributed by atoms with Gasteiger partial charge in [-0.05, 0) is 42.7 Å². The van der Waals surface area contributed by atoms with Gasteiger partial charge in [-0.2, -0.15) is 0 Å². The minimum absolute atomic E-state index is 0.0442. The quantitative estimate of drug-likeness (QED) is 0.676. The van der Waals surface area contributed by atoms with Crippen molar-refractivity contribution in [1.29, 1.82) is 0 Å². The predicted octanol–water partition coefficient (Wildman–Crippen LogP) is 4.43. The normalized spacial score (nSPS) is 36.2. The zero-order chi connectivity index (χ0) is 12.0. The molecule has 2 aliphatic rings. The lowest BCUT2D eigenvalue weighted by Gasteiger charge is -2.17. The topological polar surface area (TPSA) is 0 Å². The van der Waals surface area contributed by atoms with Crippen LogP contribution in [0.5, 0.6) is 0 Å². The van der Waals surface area contributed by atoms with Crippen LogP contribution in [0.2, 0.25) is 0 Å². The lowest BCUT2D eigenvalue weighted by molar-refractivity contribution is 0.473. The molecular formula is C15H18F2. The standard InChI is InChI=1S/C15H18F2/c1-10-3-2-6-15(9-11(15)7-10)13-5-4-12(16)8-14(13)17/h4-5,8,10-11H,2-3,6-7,9H2,1H3. The smallest absolute Gasteiger partial charge is 0.129 e. The SMILES string of the molecule is CC1CCCC2(c3ccc(F)cc3F)CC2C1. The van der Waals surface area contributed by atoms with Crippen LogP contribution in [-0.2, 0) is 5.41 Å². The lowest BCUT2D eigenvalue weighted by atomic mass is 9.88. The maximum atomic E-state index is 13.9. The van der Waals surface area contributed by atoms with Gasteiger partial charge >= 0.3 is 0 Å². The fraction of sp³-hybridized carbons (Fsp3) is 0.600. The van der Waals surface area contributed by atoms with Crippen molar-refractivity contribution in [2.45, 2.75) is 44.4 Å². The highest BCUT2D eigenvalue weighted by atomic mass is 19.1. The fourth-order valence-corrected chi connectivity index (χ4v) is 3.72. The average Bonchev–Trinajstić information content (AvgIpc) is 2.92. The summed E-state index contributed by atoms with van der Waals surface area (Å²) in [6.07, 6.45) is 5.80. The second kappa shape index (κ2) is 3.79. The van der Waals surface area contributed by atoms with Crippen molar-refractivity contribution in [2.75, 3.05) is 0 Å². The summed E-state index contributed by atoms with van der Waals surface area (Å²) in [7, 11) is 0. The van der Waals surface area contributed by atoms with E-state index < -0.39 is 5.82 Å². The van der Waals surface area contributed by atoms with Crippen LogP contribution in [0, 0.1) is 23.5 Å². The Labute approximate surface area is 101 Å². The number of fused-ring (bicyclic) bond motifs is 1. The summed E-state index contributed by atoms with van der Waals surface area (Å²) in [6.45, 7) is 2.29. The van der Waals surface area contributed by atoms with E-state index in [0.717, 1.165) is 30.4 Å². The van der Waals surface area contributed by atoms with Crippen molar-refractivity contribution >= 4 is 0 Å². The van der Waals surface area contributed by atoms with Gasteiger partial charge in [0.15, 0.2) is 0 Å². The molecule has 1 aromatic rings. The Bertz CT molecular complexity index is 441. The Kier molecular flexibility index (Phi) is 2.49. The summed E-state index contributed by atoms with van der Waals surface area (Å²) < 4.78 is 26.9. The molecule has 0 aliphatic heterocycles. The van der Waals surface area contributed by atoms with Gasteiger partial charge in [-0.1, -0.05) is 25.8 Å².